The van der Waals surface area contributed by atoms with E-state index in [0.29, 0.717) is 24.2 Å². The molecule has 0 bridgehead atoms. The van der Waals surface area contributed by atoms with Crippen LogP contribution in [0.2, 0.25) is 0 Å². The highest BCUT2D eigenvalue weighted by Crippen LogP contribution is 2.31. The molecule has 0 aliphatic rings. The summed E-state index contributed by atoms with van der Waals surface area (Å²) in [6, 6.07) is 8.17. The molecule has 0 heterocycles. The summed E-state index contributed by atoms with van der Waals surface area (Å²) in [7, 11) is 0. The summed E-state index contributed by atoms with van der Waals surface area (Å²) in [5, 5.41) is 8.77. The van der Waals surface area contributed by atoms with E-state index in [0.717, 1.165) is 0 Å². The predicted molar refractivity (Wildman–Crippen MR) is 85.6 cm³/mol. The quantitative estimate of drug-likeness (QED) is 0.437. The number of hydrogen-bond donors (Lipinski definition) is 0. The lowest BCUT2D eigenvalue weighted by Crippen LogP contribution is -2.43. The van der Waals surface area contributed by atoms with E-state index >= 15 is 0 Å². The van der Waals surface area contributed by atoms with Gasteiger partial charge >= 0.3 is 11.9 Å². The molecule has 0 amide bonds. The van der Waals surface area contributed by atoms with Gasteiger partial charge in [0.1, 0.15) is 5.75 Å². The first-order chi connectivity index (χ1) is 10.9. The molecule has 0 N–H and O–H groups in total. The Hall–Kier alpha value is -2.35. The zero-order valence-electron chi connectivity index (χ0n) is 14.1. The van der Waals surface area contributed by atoms with Crippen LogP contribution in [0.15, 0.2) is 24.3 Å². The van der Waals surface area contributed by atoms with Crippen LogP contribution in [0.25, 0.3) is 0 Å². The third kappa shape index (κ3) is 4.56. The van der Waals surface area contributed by atoms with Crippen molar-refractivity contribution >= 4 is 11.9 Å². The van der Waals surface area contributed by atoms with Crippen LogP contribution in [0.5, 0.6) is 5.75 Å². The highest BCUT2D eigenvalue weighted by Gasteiger charge is 2.46. The summed E-state index contributed by atoms with van der Waals surface area (Å²) in [6.45, 7) is 7.66. The largest absolute Gasteiger partial charge is 0.465 e. The van der Waals surface area contributed by atoms with Gasteiger partial charge in [0.15, 0.2) is 5.41 Å². The van der Waals surface area contributed by atoms with Crippen molar-refractivity contribution in [3.63, 3.8) is 0 Å². The second-order valence-corrected chi connectivity index (χ2v) is 5.81. The zero-order valence-corrected chi connectivity index (χ0v) is 14.1. The SMILES string of the molecule is CCC(CC)(C(=O)OCC(C)C)C(=O)Oc1ccc(C#N)cc1. The summed E-state index contributed by atoms with van der Waals surface area (Å²) in [5.74, 6) is -0.673. The Bertz CT molecular complexity index is 580. The van der Waals surface area contributed by atoms with Crippen molar-refractivity contribution in [3.05, 3.63) is 29.8 Å². The first-order valence-electron chi connectivity index (χ1n) is 7.79. The van der Waals surface area contributed by atoms with Crippen LogP contribution in [0.1, 0.15) is 46.1 Å². The molecule has 0 spiro atoms. The average molecular weight is 317 g/mol. The van der Waals surface area contributed by atoms with Gasteiger partial charge in [-0.1, -0.05) is 27.7 Å². The molecule has 124 valence electrons. The number of ether oxygens (including phenoxy) is 2. The van der Waals surface area contributed by atoms with Crippen LogP contribution in [-0.4, -0.2) is 18.5 Å². The maximum Gasteiger partial charge on any atom is 0.328 e. The molecule has 5 heteroatoms. The molecule has 5 nitrogen and oxygen atoms in total. The van der Waals surface area contributed by atoms with Crippen molar-refractivity contribution < 1.29 is 19.1 Å². The van der Waals surface area contributed by atoms with Crippen molar-refractivity contribution in [1.82, 2.24) is 0 Å². The fourth-order valence-electron chi connectivity index (χ4n) is 2.09. The van der Waals surface area contributed by atoms with Gasteiger partial charge in [0.25, 0.3) is 0 Å². The number of carbonyl (C=O) groups excluding carboxylic acids is 2. The summed E-state index contributed by atoms with van der Waals surface area (Å²) in [6.07, 6.45) is 0.602. The Morgan fingerprint density at radius 3 is 2.13 bits per heavy atom. The summed E-state index contributed by atoms with van der Waals surface area (Å²) in [4.78, 5) is 24.9. The monoisotopic (exact) mass is 317 g/mol. The van der Waals surface area contributed by atoms with Crippen LogP contribution < -0.4 is 4.74 Å². The third-order valence-corrected chi connectivity index (χ3v) is 3.73. The third-order valence-electron chi connectivity index (χ3n) is 3.73. The fraction of sp³-hybridized carbons (Fsp3) is 0.500. The van der Waals surface area contributed by atoms with Gasteiger partial charge < -0.3 is 9.47 Å². The number of carbonyl (C=O) groups is 2. The average Bonchev–Trinajstić information content (AvgIpc) is 2.55. The Balaban J connectivity index is 2.92. The van der Waals surface area contributed by atoms with Crippen LogP contribution >= 0.6 is 0 Å². The molecule has 0 unspecified atom stereocenters. The normalized spacial score (nSPS) is 11.0. The van der Waals surface area contributed by atoms with Crippen molar-refractivity contribution in [1.29, 1.82) is 5.26 Å². The number of rotatable bonds is 7. The highest BCUT2D eigenvalue weighted by atomic mass is 16.6. The molecule has 1 aromatic rings. The van der Waals surface area contributed by atoms with Crippen molar-refractivity contribution in [2.45, 2.75) is 40.5 Å². The van der Waals surface area contributed by atoms with Crippen LogP contribution in [0.4, 0.5) is 0 Å². The van der Waals surface area contributed by atoms with Crippen molar-refractivity contribution in [2.75, 3.05) is 6.61 Å². The van der Waals surface area contributed by atoms with Crippen molar-refractivity contribution in [3.8, 4) is 11.8 Å². The number of nitriles is 1. The van der Waals surface area contributed by atoms with Gasteiger partial charge in [-0.25, -0.2) is 0 Å². The minimum atomic E-state index is -1.30. The molecular weight excluding hydrogens is 294 g/mol. The molecule has 23 heavy (non-hydrogen) atoms. The lowest BCUT2D eigenvalue weighted by molar-refractivity contribution is -0.168. The molecule has 1 aromatic carbocycles. The molecule has 0 aliphatic heterocycles. The van der Waals surface area contributed by atoms with Gasteiger partial charge in [-0.05, 0) is 43.0 Å². The standard InChI is InChI=1S/C18H23NO4/c1-5-18(6-2,16(20)22-12-13(3)4)17(21)23-15-9-7-14(11-19)8-10-15/h7-10,13H,5-6,12H2,1-4H3. The molecule has 0 aromatic heterocycles. The molecule has 0 saturated heterocycles. The maximum absolute atomic E-state index is 12.5. The van der Waals surface area contributed by atoms with E-state index in [1.807, 2.05) is 19.9 Å². The molecule has 0 atom stereocenters. The first-order valence-corrected chi connectivity index (χ1v) is 7.79. The summed E-state index contributed by atoms with van der Waals surface area (Å²) < 4.78 is 10.6. The van der Waals surface area contributed by atoms with E-state index in [9.17, 15) is 9.59 Å². The van der Waals surface area contributed by atoms with E-state index in [4.69, 9.17) is 14.7 Å². The van der Waals surface area contributed by atoms with Crippen LogP contribution in [0.3, 0.4) is 0 Å². The number of nitrogens with zero attached hydrogens (tertiary/aromatic N) is 1. The minimum absolute atomic E-state index is 0.194. The molecule has 0 saturated carbocycles. The zero-order chi connectivity index (χ0) is 17.5. The minimum Gasteiger partial charge on any atom is -0.465 e. The van der Waals surface area contributed by atoms with Gasteiger partial charge in [-0.2, -0.15) is 5.26 Å². The van der Waals surface area contributed by atoms with Gasteiger partial charge in [-0.3, -0.25) is 9.59 Å². The molecule has 1 rings (SSSR count). The number of benzene rings is 1. The Morgan fingerprint density at radius 1 is 1.13 bits per heavy atom. The summed E-state index contributed by atoms with van der Waals surface area (Å²) in [5.41, 5.74) is -0.832. The number of hydrogen-bond acceptors (Lipinski definition) is 5. The van der Waals surface area contributed by atoms with Crippen LogP contribution in [-0.2, 0) is 14.3 Å². The predicted octanol–water partition coefficient (Wildman–Crippen LogP) is 3.47. The Morgan fingerprint density at radius 2 is 1.70 bits per heavy atom. The lowest BCUT2D eigenvalue weighted by Gasteiger charge is -2.27. The number of esters is 2. The Kier molecular flexibility index (Phi) is 6.77. The Labute approximate surface area is 137 Å². The van der Waals surface area contributed by atoms with Gasteiger partial charge in [0.2, 0.25) is 0 Å². The lowest BCUT2D eigenvalue weighted by atomic mass is 9.82. The molecule has 0 radical (unpaired) electrons. The fourth-order valence-corrected chi connectivity index (χ4v) is 2.09. The highest BCUT2D eigenvalue weighted by molar-refractivity contribution is 6.00. The van der Waals surface area contributed by atoms with E-state index in [1.54, 1.807) is 26.0 Å². The first kappa shape index (κ1) is 18.7. The van der Waals surface area contributed by atoms with E-state index < -0.39 is 17.4 Å². The van der Waals surface area contributed by atoms with Gasteiger partial charge in [0, 0.05) is 0 Å². The van der Waals surface area contributed by atoms with Crippen LogP contribution in [0, 0.1) is 22.7 Å². The van der Waals surface area contributed by atoms with E-state index in [-0.39, 0.29) is 12.5 Å². The van der Waals surface area contributed by atoms with Crippen molar-refractivity contribution in [2.24, 2.45) is 11.3 Å². The van der Waals surface area contributed by atoms with E-state index in [1.165, 1.54) is 12.1 Å². The van der Waals surface area contributed by atoms with E-state index in [2.05, 4.69) is 0 Å². The second-order valence-electron chi connectivity index (χ2n) is 5.81. The topological polar surface area (TPSA) is 76.4 Å². The molecular formula is C18H23NO4. The second kappa shape index (κ2) is 8.33. The molecule has 0 aliphatic carbocycles. The van der Waals surface area contributed by atoms with Gasteiger partial charge in [0.05, 0.1) is 18.2 Å². The maximum atomic E-state index is 12.5. The van der Waals surface area contributed by atoms with Gasteiger partial charge in [-0.15, -0.1) is 0 Å². The molecule has 0 fully saturated rings. The summed E-state index contributed by atoms with van der Waals surface area (Å²) >= 11 is 0. The smallest absolute Gasteiger partial charge is 0.328 e.